The van der Waals surface area contributed by atoms with Crippen molar-refractivity contribution < 1.29 is 22.8 Å². The first kappa shape index (κ1) is 23.8. The van der Waals surface area contributed by atoms with Crippen molar-refractivity contribution in [2.45, 2.75) is 29.6 Å². The van der Waals surface area contributed by atoms with Gasteiger partial charge >= 0.3 is 0 Å². The second-order valence-electron chi connectivity index (χ2n) is 7.95. The van der Waals surface area contributed by atoms with Crippen LogP contribution in [0.5, 0.6) is 5.88 Å². The standard InChI is InChI=1S/C24H21N5O5S2/c1-33-20-12-11-19-23(27-20)35-24(26-19)28-22(30)21(29-34-14-16-4-2-3-13-25-16)15-5-7-17(8-6-15)36(31,32)18-9-10-18/h2-8,11-13,18H,9-10,14H2,1H3,(H,26,28,30). The van der Waals surface area contributed by atoms with E-state index in [4.69, 9.17) is 9.57 Å². The van der Waals surface area contributed by atoms with Crippen molar-refractivity contribution in [3.8, 4) is 5.88 Å². The van der Waals surface area contributed by atoms with Gasteiger partial charge in [-0.3, -0.25) is 15.1 Å². The number of carbonyl (C=O) groups excluding carboxylic acids is 1. The first-order valence-corrected chi connectivity index (χ1v) is 13.4. The summed E-state index contributed by atoms with van der Waals surface area (Å²) in [4.78, 5) is 32.4. The lowest BCUT2D eigenvalue weighted by molar-refractivity contribution is -0.110. The summed E-state index contributed by atoms with van der Waals surface area (Å²) in [6.07, 6.45) is 2.97. The molecule has 1 aromatic carbocycles. The first-order chi connectivity index (χ1) is 17.4. The molecular weight excluding hydrogens is 502 g/mol. The van der Waals surface area contributed by atoms with Gasteiger partial charge in [-0.05, 0) is 43.2 Å². The summed E-state index contributed by atoms with van der Waals surface area (Å²) in [7, 11) is -1.84. The number of ether oxygens (including phenoxy) is 1. The first-order valence-electron chi connectivity index (χ1n) is 11.0. The van der Waals surface area contributed by atoms with Crippen LogP contribution in [0.15, 0.2) is 70.8 Å². The zero-order valence-electron chi connectivity index (χ0n) is 19.1. The second kappa shape index (κ2) is 9.99. The van der Waals surface area contributed by atoms with E-state index in [0.717, 1.165) is 0 Å². The van der Waals surface area contributed by atoms with Crippen molar-refractivity contribution in [1.29, 1.82) is 0 Å². The van der Waals surface area contributed by atoms with E-state index < -0.39 is 15.7 Å². The molecule has 0 radical (unpaired) electrons. The van der Waals surface area contributed by atoms with E-state index in [2.05, 4.69) is 25.4 Å². The quantitative estimate of drug-likeness (QED) is 0.260. The number of hydrogen-bond donors (Lipinski definition) is 1. The van der Waals surface area contributed by atoms with Gasteiger partial charge in [-0.15, -0.1) is 0 Å². The molecule has 0 atom stereocenters. The van der Waals surface area contributed by atoms with Crippen molar-refractivity contribution in [3.05, 3.63) is 72.1 Å². The van der Waals surface area contributed by atoms with Gasteiger partial charge in [0, 0.05) is 17.8 Å². The van der Waals surface area contributed by atoms with E-state index in [1.54, 1.807) is 42.6 Å². The Morgan fingerprint density at radius 1 is 1.11 bits per heavy atom. The van der Waals surface area contributed by atoms with Gasteiger partial charge in [0.25, 0.3) is 5.91 Å². The molecular formula is C24H21N5O5S2. The maximum absolute atomic E-state index is 13.2. The third kappa shape index (κ3) is 5.19. The van der Waals surface area contributed by atoms with Crippen LogP contribution >= 0.6 is 11.3 Å². The maximum Gasteiger partial charge on any atom is 0.280 e. The molecule has 3 aromatic heterocycles. The van der Waals surface area contributed by atoms with E-state index in [1.165, 1.54) is 30.6 Å². The summed E-state index contributed by atoms with van der Waals surface area (Å²) < 4.78 is 30.2. The van der Waals surface area contributed by atoms with Crippen LogP contribution in [0.3, 0.4) is 0 Å². The number of sulfone groups is 1. The Hall–Kier alpha value is -3.90. The number of benzene rings is 1. The van der Waals surface area contributed by atoms with E-state index in [1.807, 2.05) is 6.07 Å². The average Bonchev–Trinajstić information content (AvgIpc) is 3.68. The van der Waals surface area contributed by atoms with Gasteiger partial charge in [-0.1, -0.05) is 34.7 Å². The molecule has 1 fully saturated rings. The lowest BCUT2D eigenvalue weighted by Gasteiger charge is -2.08. The topological polar surface area (TPSA) is 133 Å². The summed E-state index contributed by atoms with van der Waals surface area (Å²) in [5.74, 6) is -0.129. The zero-order chi connectivity index (χ0) is 25.1. The van der Waals surface area contributed by atoms with E-state index in [-0.39, 0.29) is 22.5 Å². The molecule has 184 valence electrons. The number of nitrogens with zero attached hydrogens (tertiary/aromatic N) is 4. The van der Waals surface area contributed by atoms with Crippen molar-refractivity contribution in [2.24, 2.45) is 5.16 Å². The van der Waals surface area contributed by atoms with Crippen LogP contribution in [0.4, 0.5) is 5.13 Å². The normalized spacial score (nSPS) is 14.0. The number of amides is 1. The molecule has 1 aliphatic carbocycles. The predicted molar refractivity (Wildman–Crippen MR) is 135 cm³/mol. The fourth-order valence-corrected chi connectivity index (χ4v) is 5.85. The van der Waals surface area contributed by atoms with Gasteiger partial charge in [-0.2, -0.15) is 0 Å². The number of carbonyl (C=O) groups is 1. The Labute approximate surface area is 210 Å². The minimum atomic E-state index is -3.36. The summed E-state index contributed by atoms with van der Waals surface area (Å²) in [6, 6.07) is 14.9. The van der Waals surface area contributed by atoms with Gasteiger partial charge in [0.1, 0.15) is 10.3 Å². The molecule has 0 unspecified atom stereocenters. The highest BCUT2D eigenvalue weighted by Crippen LogP contribution is 2.33. The van der Waals surface area contributed by atoms with E-state index in [0.29, 0.717) is 45.5 Å². The number of aromatic nitrogens is 3. The molecule has 1 aliphatic rings. The molecule has 1 amide bonds. The number of nitrogens with one attached hydrogen (secondary N) is 1. The fourth-order valence-electron chi connectivity index (χ4n) is 3.37. The zero-order valence-corrected chi connectivity index (χ0v) is 20.8. The van der Waals surface area contributed by atoms with Crippen LogP contribution < -0.4 is 10.1 Å². The highest BCUT2D eigenvalue weighted by Gasteiger charge is 2.36. The SMILES string of the molecule is COc1ccc2nc(NC(=O)C(=NOCc3ccccn3)c3ccc(S(=O)(=O)C4CC4)cc3)sc2n1. The summed E-state index contributed by atoms with van der Waals surface area (Å²) in [5, 5.41) is 6.79. The lowest BCUT2D eigenvalue weighted by atomic mass is 10.1. The largest absolute Gasteiger partial charge is 0.481 e. The average molecular weight is 524 g/mol. The third-order valence-corrected chi connectivity index (χ3v) is 8.55. The van der Waals surface area contributed by atoms with Crippen molar-refractivity contribution in [3.63, 3.8) is 0 Å². The third-order valence-electron chi connectivity index (χ3n) is 5.39. The molecule has 5 rings (SSSR count). The Kier molecular flexibility index (Phi) is 6.61. The number of anilines is 1. The van der Waals surface area contributed by atoms with E-state index in [9.17, 15) is 13.2 Å². The van der Waals surface area contributed by atoms with Crippen molar-refractivity contribution in [1.82, 2.24) is 15.0 Å². The second-order valence-corrected chi connectivity index (χ2v) is 11.2. The molecule has 1 N–H and O–H groups in total. The lowest BCUT2D eigenvalue weighted by Crippen LogP contribution is -2.24. The van der Waals surface area contributed by atoms with Crippen molar-refractivity contribution in [2.75, 3.05) is 12.4 Å². The summed E-state index contributed by atoms with van der Waals surface area (Å²) >= 11 is 1.19. The smallest absolute Gasteiger partial charge is 0.280 e. The number of fused-ring (bicyclic) bond motifs is 1. The van der Waals surface area contributed by atoms with Gasteiger partial charge in [0.2, 0.25) is 5.88 Å². The number of rotatable bonds is 9. The Bertz CT molecular complexity index is 1530. The van der Waals surface area contributed by atoms with Crippen molar-refractivity contribution >= 4 is 48.3 Å². The monoisotopic (exact) mass is 523 g/mol. The molecule has 0 bridgehead atoms. The van der Waals surface area contributed by atoms with Crippen LogP contribution in [0.25, 0.3) is 10.3 Å². The van der Waals surface area contributed by atoms with Crippen LogP contribution in [0.1, 0.15) is 24.1 Å². The van der Waals surface area contributed by atoms with Gasteiger partial charge in [0.05, 0.1) is 22.9 Å². The molecule has 10 nitrogen and oxygen atoms in total. The molecule has 12 heteroatoms. The van der Waals surface area contributed by atoms with Crippen LogP contribution in [0, 0.1) is 0 Å². The number of hydrogen-bond acceptors (Lipinski definition) is 10. The Morgan fingerprint density at radius 2 is 1.92 bits per heavy atom. The Morgan fingerprint density at radius 3 is 2.61 bits per heavy atom. The molecule has 1 saturated carbocycles. The molecule has 0 saturated heterocycles. The number of oxime groups is 1. The van der Waals surface area contributed by atoms with E-state index >= 15 is 0 Å². The minimum Gasteiger partial charge on any atom is -0.481 e. The van der Waals surface area contributed by atoms with Gasteiger partial charge < -0.3 is 9.57 Å². The maximum atomic E-state index is 13.2. The summed E-state index contributed by atoms with van der Waals surface area (Å²) in [6.45, 7) is 0.0522. The van der Waals surface area contributed by atoms with Crippen LogP contribution in [0.2, 0.25) is 0 Å². The summed E-state index contributed by atoms with van der Waals surface area (Å²) in [5.41, 5.74) is 1.60. The highest BCUT2D eigenvalue weighted by atomic mass is 32.2. The predicted octanol–water partition coefficient (Wildman–Crippen LogP) is 3.59. The number of thiazole rings is 1. The fraction of sp³-hybridized carbons (Fsp3) is 0.208. The molecule has 36 heavy (non-hydrogen) atoms. The van der Waals surface area contributed by atoms with Crippen LogP contribution in [-0.2, 0) is 26.1 Å². The Balaban J connectivity index is 1.41. The highest BCUT2D eigenvalue weighted by molar-refractivity contribution is 7.92. The minimum absolute atomic E-state index is 0.0360. The number of pyridine rings is 2. The molecule has 0 aliphatic heterocycles. The number of methoxy groups -OCH3 is 1. The molecule has 4 aromatic rings. The molecule has 0 spiro atoms. The molecule has 3 heterocycles. The van der Waals surface area contributed by atoms with Gasteiger partial charge in [0.15, 0.2) is 27.3 Å². The van der Waals surface area contributed by atoms with Crippen LogP contribution in [-0.4, -0.2) is 47.3 Å². The van der Waals surface area contributed by atoms with Gasteiger partial charge in [-0.25, -0.2) is 18.4 Å².